The summed E-state index contributed by atoms with van der Waals surface area (Å²) in [4.78, 5) is 8.57. The molecule has 0 radical (unpaired) electrons. The topological polar surface area (TPSA) is 69.8 Å². The summed E-state index contributed by atoms with van der Waals surface area (Å²) in [6, 6.07) is 13.6. The molecule has 3 heterocycles. The largest absolute Gasteiger partial charge is 0.496 e. The quantitative estimate of drug-likeness (QED) is 0.341. The fraction of sp³-hybridized carbons (Fsp3) is 0.192. The average Bonchev–Trinajstić information content (AvgIpc) is 3.49. The van der Waals surface area contributed by atoms with Crippen LogP contribution in [0.1, 0.15) is 11.3 Å². The van der Waals surface area contributed by atoms with Crippen LogP contribution < -0.4 is 10.1 Å². The van der Waals surface area contributed by atoms with Crippen LogP contribution in [0.5, 0.6) is 5.75 Å². The lowest BCUT2D eigenvalue weighted by molar-refractivity contribution is 0.419. The van der Waals surface area contributed by atoms with Crippen LogP contribution in [0.15, 0.2) is 67.3 Å². The van der Waals surface area contributed by atoms with Crippen LogP contribution >= 0.6 is 0 Å². The second-order valence-corrected chi connectivity index (χ2v) is 8.17. The van der Waals surface area contributed by atoms with Gasteiger partial charge >= 0.3 is 0 Å². The molecule has 35 heavy (non-hydrogen) atoms. The number of benzene rings is 2. The zero-order valence-electron chi connectivity index (χ0n) is 19.4. The highest BCUT2D eigenvalue weighted by molar-refractivity contribution is 5.88. The number of ether oxygens (including phenoxy) is 1. The summed E-state index contributed by atoms with van der Waals surface area (Å²) in [5, 5.41) is 8.12. The standard InChI is InChI=1S/C26H24F2N6O/c1-17-12-20-24(35-2)7-6-21(27)26(20)34(17)11-9-29-25-14-23(30-16-31-25)18-4-5-19(22(28)13-18)15-33-10-3-8-32-33/h3-8,10,12-14,16H,9,11,15H2,1-2H3,(H,29,30,31). The Labute approximate surface area is 201 Å². The smallest absolute Gasteiger partial charge is 0.147 e. The predicted octanol–water partition coefficient (Wildman–Crippen LogP) is 5.05. The summed E-state index contributed by atoms with van der Waals surface area (Å²) in [5.41, 5.74) is 3.24. The van der Waals surface area contributed by atoms with Crippen molar-refractivity contribution >= 4 is 16.7 Å². The van der Waals surface area contributed by atoms with E-state index < -0.39 is 0 Å². The second kappa shape index (κ2) is 9.54. The van der Waals surface area contributed by atoms with E-state index >= 15 is 0 Å². The molecule has 0 fully saturated rings. The number of aryl methyl sites for hydroxylation is 1. The third-order valence-corrected chi connectivity index (χ3v) is 5.95. The second-order valence-electron chi connectivity index (χ2n) is 8.17. The molecule has 7 nitrogen and oxygen atoms in total. The molecule has 0 bridgehead atoms. The fourth-order valence-electron chi connectivity index (χ4n) is 4.22. The number of nitrogens with one attached hydrogen (secondary N) is 1. The molecule has 3 aromatic heterocycles. The maximum atomic E-state index is 14.7. The fourth-order valence-corrected chi connectivity index (χ4v) is 4.22. The Balaban J connectivity index is 1.30. The molecular formula is C26H24F2N6O. The van der Waals surface area contributed by atoms with Crippen LogP contribution in [0.25, 0.3) is 22.2 Å². The minimum absolute atomic E-state index is 0.295. The summed E-state index contributed by atoms with van der Waals surface area (Å²) < 4.78 is 38.2. The van der Waals surface area contributed by atoms with E-state index in [0.29, 0.717) is 53.5 Å². The van der Waals surface area contributed by atoms with Gasteiger partial charge in [0.1, 0.15) is 29.5 Å². The van der Waals surface area contributed by atoms with Crippen LogP contribution in [0.3, 0.4) is 0 Å². The van der Waals surface area contributed by atoms with Gasteiger partial charge in [-0.25, -0.2) is 18.7 Å². The van der Waals surface area contributed by atoms with Crippen molar-refractivity contribution in [1.82, 2.24) is 24.3 Å². The lowest BCUT2D eigenvalue weighted by Gasteiger charge is -2.12. The third kappa shape index (κ3) is 4.57. The lowest BCUT2D eigenvalue weighted by atomic mass is 10.1. The van der Waals surface area contributed by atoms with Gasteiger partial charge in [-0.05, 0) is 37.3 Å². The van der Waals surface area contributed by atoms with E-state index in [1.165, 1.54) is 18.5 Å². The Kier molecular flexibility index (Phi) is 6.13. The van der Waals surface area contributed by atoms with Crippen LogP contribution in [0.4, 0.5) is 14.6 Å². The van der Waals surface area contributed by atoms with Crippen molar-refractivity contribution in [3.8, 4) is 17.0 Å². The highest BCUT2D eigenvalue weighted by atomic mass is 19.1. The molecule has 0 amide bonds. The monoisotopic (exact) mass is 474 g/mol. The van der Waals surface area contributed by atoms with E-state index in [4.69, 9.17) is 4.74 Å². The van der Waals surface area contributed by atoms with Crippen molar-refractivity contribution in [2.24, 2.45) is 0 Å². The number of methoxy groups -OCH3 is 1. The number of aromatic nitrogens is 5. The van der Waals surface area contributed by atoms with Gasteiger partial charge in [-0.1, -0.05) is 12.1 Å². The number of nitrogens with zero attached hydrogens (tertiary/aromatic N) is 5. The first-order valence-corrected chi connectivity index (χ1v) is 11.2. The molecule has 9 heteroatoms. The van der Waals surface area contributed by atoms with Gasteiger partial charge in [0, 0.05) is 53.8 Å². The molecule has 0 unspecified atom stereocenters. The Morgan fingerprint density at radius 2 is 1.91 bits per heavy atom. The van der Waals surface area contributed by atoms with Crippen LogP contribution in [-0.4, -0.2) is 38.0 Å². The van der Waals surface area contributed by atoms with E-state index in [2.05, 4.69) is 20.4 Å². The van der Waals surface area contributed by atoms with Crippen LogP contribution in [0, 0.1) is 18.6 Å². The first kappa shape index (κ1) is 22.5. The van der Waals surface area contributed by atoms with Gasteiger partial charge in [-0.3, -0.25) is 4.68 Å². The number of anilines is 1. The van der Waals surface area contributed by atoms with Gasteiger partial charge in [0.05, 0.1) is 24.9 Å². The van der Waals surface area contributed by atoms with E-state index in [1.807, 2.05) is 23.6 Å². The maximum Gasteiger partial charge on any atom is 0.147 e. The Morgan fingerprint density at radius 1 is 1.03 bits per heavy atom. The van der Waals surface area contributed by atoms with Crippen molar-refractivity contribution in [2.45, 2.75) is 20.0 Å². The summed E-state index contributed by atoms with van der Waals surface area (Å²) in [7, 11) is 1.58. The van der Waals surface area contributed by atoms with Gasteiger partial charge in [0.2, 0.25) is 0 Å². The summed E-state index contributed by atoms with van der Waals surface area (Å²) in [5.74, 6) is 0.623. The van der Waals surface area contributed by atoms with E-state index in [-0.39, 0.29) is 11.6 Å². The van der Waals surface area contributed by atoms with E-state index in [1.54, 1.807) is 48.5 Å². The van der Waals surface area contributed by atoms with E-state index in [9.17, 15) is 8.78 Å². The molecule has 0 saturated carbocycles. The third-order valence-electron chi connectivity index (χ3n) is 5.95. The lowest BCUT2D eigenvalue weighted by Crippen LogP contribution is -2.13. The number of fused-ring (bicyclic) bond motifs is 1. The van der Waals surface area contributed by atoms with Crippen molar-refractivity contribution in [2.75, 3.05) is 19.0 Å². The van der Waals surface area contributed by atoms with E-state index in [0.717, 1.165) is 11.1 Å². The molecule has 178 valence electrons. The van der Waals surface area contributed by atoms with Gasteiger partial charge in [-0.15, -0.1) is 0 Å². The SMILES string of the molecule is COc1ccc(F)c2c1cc(C)n2CCNc1cc(-c2ccc(Cn3cccn3)c(F)c2)ncn1. The minimum atomic E-state index is -0.321. The van der Waals surface area contributed by atoms with Gasteiger partial charge in [0.25, 0.3) is 0 Å². The van der Waals surface area contributed by atoms with Crippen molar-refractivity contribution in [1.29, 1.82) is 0 Å². The minimum Gasteiger partial charge on any atom is -0.496 e. The predicted molar refractivity (Wildman–Crippen MR) is 130 cm³/mol. The summed E-state index contributed by atoms with van der Waals surface area (Å²) in [6.07, 6.45) is 4.89. The zero-order chi connectivity index (χ0) is 24.4. The van der Waals surface area contributed by atoms with Crippen LogP contribution in [-0.2, 0) is 13.1 Å². The Morgan fingerprint density at radius 3 is 2.69 bits per heavy atom. The number of rotatable bonds is 8. The average molecular weight is 475 g/mol. The maximum absolute atomic E-state index is 14.7. The zero-order valence-corrected chi connectivity index (χ0v) is 19.4. The van der Waals surface area contributed by atoms with Gasteiger partial charge in [-0.2, -0.15) is 5.10 Å². The van der Waals surface area contributed by atoms with Crippen molar-refractivity contribution in [3.05, 3.63) is 90.1 Å². The molecule has 2 aromatic carbocycles. The molecular weight excluding hydrogens is 450 g/mol. The first-order valence-electron chi connectivity index (χ1n) is 11.2. The first-order chi connectivity index (χ1) is 17.0. The molecule has 1 N–H and O–H groups in total. The Bertz CT molecular complexity index is 1480. The number of hydrogen-bond acceptors (Lipinski definition) is 5. The molecule has 0 atom stereocenters. The molecule has 5 rings (SSSR count). The summed E-state index contributed by atoms with van der Waals surface area (Å²) in [6.45, 7) is 3.33. The Hall–Kier alpha value is -4.27. The molecule has 0 saturated heterocycles. The van der Waals surface area contributed by atoms with Crippen molar-refractivity contribution < 1.29 is 13.5 Å². The highest BCUT2D eigenvalue weighted by Gasteiger charge is 2.14. The molecule has 0 spiro atoms. The molecule has 0 aliphatic heterocycles. The highest BCUT2D eigenvalue weighted by Crippen LogP contribution is 2.31. The molecule has 0 aliphatic rings. The van der Waals surface area contributed by atoms with Gasteiger partial charge in [0.15, 0.2) is 0 Å². The van der Waals surface area contributed by atoms with Crippen LogP contribution in [0.2, 0.25) is 0 Å². The molecule has 0 aliphatic carbocycles. The molecule has 5 aromatic rings. The summed E-state index contributed by atoms with van der Waals surface area (Å²) >= 11 is 0. The van der Waals surface area contributed by atoms with Gasteiger partial charge < -0.3 is 14.6 Å². The van der Waals surface area contributed by atoms with Crippen molar-refractivity contribution in [3.63, 3.8) is 0 Å². The number of halogens is 2. The normalized spacial score (nSPS) is 11.2. The number of hydrogen-bond donors (Lipinski definition) is 1.